The standard InChI is InChI=1S/C23H35NO5S/c1-29-23(27)12-8-3-2-7-11-20-19(21(24-28)15-22(20)26)14-13-17(25)16-30-18-9-5-4-6-10-18/h4-6,9-10,17,19-22,25-26H,2-3,7-8,11-16H2,1H3/t17-,19-,20-,21?,22+/m1/s1. The van der Waals surface area contributed by atoms with Gasteiger partial charge >= 0.3 is 5.97 Å². The molecule has 1 fully saturated rings. The Labute approximate surface area is 183 Å². The van der Waals surface area contributed by atoms with Crippen molar-refractivity contribution in [3.63, 3.8) is 0 Å². The molecule has 1 aromatic rings. The number of aliphatic hydroxyl groups excluding tert-OH is 2. The van der Waals surface area contributed by atoms with E-state index in [9.17, 15) is 19.9 Å². The summed E-state index contributed by atoms with van der Waals surface area (Å²) in [5, 5.41) is 24.1. The lowest BCUT2D eigenvalue weighted by molar-refractivity contribution is -0.140. The largest absolute Gasteiger partial charge is 0.469 e. The molecule has 7 heteroatoms. The number of aliphatic hydroxyl groups is 2. The van der Waals surface area contributed by atoms with Gasteiger partial charge in [0.25, 0.3) is 0 Å². The van der Waals surface area contributed by atoms with Gasteiger partial charge in [0.1, 0.15) is 0 Å². The summed E-state index contributed by atoms with van der Waals surface area (Å²) in [5.74, 6) is 0.528. The zero-order chi connectivity index (χ0) is 21.8. The molecule has 0 bridgehead atoms. The molecular weight excluding hydrogens is 402 g/mol. The predicted octanol–water partition coefficient (Wildman–Crippen LogP) is 4.57. The molecule has 2 rings (SSSR count). The minimum atomic E-state index is -0.497. The SMILES string of the molecule is COC(=O)CCCCCC[C@H]1[C@@H](O)CC(N=O)[C@@H]1CC[C@@H](O)CSc1ccccc1. The number of nitrogens with zero attached hydrogens (tertiary/aromatic N) is 1. The number of carbonyl (C=O) groups excluding carboxylic acids is 1. The number of benzene rings is 1. The Kier molecular flexibility index (Phi) is 11.4. The van der Waals surface area contributed by atoms with Crippen LogP contribution in [0.25, 0.3) is 0 Å². The lowest BCUT2D eigenvalue weighted by Crippen LogP contribution is -2.23. The number of carbonyl (C=O) groups is 1. The topological polar surface area (TPSA) is 96.2 Å². The number of rotatable bonds is 14. The summed E-state index contributed by atoms with van der Waals surface area (Å²) in [6, 6.07) is 9.62. The third-order valence-corrected chi connectivity index (χ3v) is 7.23. The number of thioether (sulfide) groups is 1. The van der Waals surface area contributed by atoms with E-state index >= 15 is 0 Å². The molecule has 1 saturated carbocycles. The predicted molar refractivity (Wildman–Crippen MR) is 119 cm³/mol. The van der Waals surface area contributed by atoms with E-state index in [0.29, 0.717) is 31.4 Å². The van der Waals surface area contributed by atoms with Crippen molar-refractivity contribution in [1.82, 2.24) is 0 Å². The summed E-state index contributed by atoms with van der Waals surface area (Å²) < 4.78 is 4.64. The number of unbranched alkanes of at least 4 members (excludes halogenated alkanes) is 3. The Hall–Kier alpha value is -1.44. The molecule has 30 heavy (non-hydrogen) atoms. The van der Waals surface area contributed by atoms with Gasteiger partial charge in [-0.05, 0) is 56.1 Å². The molecule has 0 radical (unpaired) electrons. The maximum atomic E-state index is 11.3. The van der Waals surface area contributed by atoms with Crippen LogP contribution in [0.5, 0.6) is 0 Å². The maximum absolute atomic E-state index is 11.3. The highest BCUT2D eigenvalue weighted by Gasteiger charge is 2.42. The van der Waals surface area contributed by atoms with Gasteiger partial charge in [-0.25, -0.2) is 0 Å². The molecule has 0 aliphatic heterocycles. The number of nitroso groups, excluding NO2 is 1. The van der Waals surface area contributed by atoms with Crippen LogP contribution < -0.4 is 0 Å². The third-order valence-electron chi connectivity index (χ3n) is 6.07. The maximum Gasteiger partial charge on any atom is 0.305 e. The lowest BCUT2D eigenvalue weighted by Gasteiger charge is -2.24. The van der Waals surface area contributed by atoms with Crippen LogP contribution in [0.15, 0.2) is 40.4 Å². The van der Waals surface area contributed by atoms with Crippen molar-refractivity contribution in [2.75, 3.05) is 12.9 Å². The van der Waals surface area contributed by atoms with E-state index in [1.807, 2.05) is 30.3 Å². The van der Waals surface area contributed by atoms with Crippen LogP contribution in [-0.4, -0.2) is 47.3 Å². The van der Waals surface area contributed by atoms with Crippen LogP contribution in [0.4, 0.5) is 0 Å². The molecule has 5 atom stereocenters. The second kappa shape index (κ2) is 13.8. The number of hydrogen-bond donors (Lipinski definition) is 2. The van der Waals surface area contributed by atoms with Crippen molar-refractivity contribution in [2.45, 2.75) is 80.9 Å². The van der Waals surface area contributed by atoms with Crippen molar-refractivity contribution in [3.05, 3.63) is 35.2 Å². The van der Waals surface area contributed by atoms with Crippen molar-refractivity contribution < 1.29 is 19.7 Å². The monoisotopic (exact) mass is 437 g/mol. The zero-order valence-corrected chi connectivity index (χ0v) is 18.6. The van der Waals surface area contributed by atoms with Crippen molar-refractivity contribution in [2.24, 2.45) is 17.0 Å². The van der Waals surface area contributed by atoms with E-state index < -0.39 is 12.2 Å². The Morgan fingerprint density at radius 2 is 1.90 bits per heavy atom. The fourth-order valence-corrected chi connectivity index (χ4v) is 5.29. The molecule has 1 aliphatic rings. The first-order valence-electron chi connectivity index (χ1n) is 11.0. The van der Waals surface area contributed by atoms with Gasteiger partial charge < -0.3 is 14.9 Å². The summed E-state index contributed by atoms with van der Waals surface area (Å²) in [5.41, 5.74) is 0. The summed E-state index contributed by atoms with van der Waals surface area (Å²) in [6.45, 7) is 0. The first-order chi connectivity index (χ1) is 14.5. The number of methoxy groups -OCH3 is 1. The summed E-state index contributed by atoms with van der Waals surface area (Å²) in [7, 11) is 1.40. The van der Waals surface area contributed by atoms with Crippen LogP contribution in [0.1, 0.15) is 57.8 Å². The normalized spacial score (nSPS) is 24.5. The highest BCUT2D eigenvalue weighted by Crippen LogP contribution is 2.41. The van der Waals surface area contributed by atoms with Gasteiger partial charge in [-0.2, -0.15) is 4.91 Å². The Balaban J connectivity index is 1.73. The molecule has 1 aliphatic carbocycles. The number of ether oxygens (including phenoxy) is 1. The Bertz CT molecular complexity index is 629. The van der Waals surface area contributed by atoms with Gasteiger partial charge in [-0.15, -0.1) is 11.8 Å². The van der Waals surface area contributed by atoms with Gasteiger partial charge in [0.15, 0.2) is 0 Å². The molecule has 2 N–H and O–H groups in total. The quantitative estimate of drug-likeness (QED) is 0.192. The smallest absolute Gasteiger partial charge is 0.305 e. The average Bonchev–Trinajstić information content (AvgIpc) is 3.08. The molecule has 0 spiro atoms. The molecular formula is C23H35NO5S. The second-order valence-corrected chi connectivity index (χ2v) is 9.28. The molecule has 0 heterocycles. The molecule has 1 aromatic carbocycles. The van der Waals surface area contributed by atoms with Crippen LogP contribution in [-0.2, 0) is 9.53 Å². The van der Waals surface area contributed by atoms with Crippen LogP contribution in [0.3, 0.4) is 0 Å². The molecule has 0 amide bonds. The highest BCUT2D eigenvalue weighted by atomic mass is 32.2. The average molecular weight is 438 g/mol. The van der Waals surface area contributed by atoms with Crippen LogP contribution >= 0.6 is 11.8 Å². The van der Waals surface area contributed by atoms with E-state index in [1.54, 1.807) is 11.8 Å². The second-order valence-electron chi connectivity index (χ2n) is 8.19. The number of hydrogen-bond acceptors (Lipinski definition) is 7. The Morgan fingerprint density at radius 3 is 2.60 bits per heavy atom. The lowest BCUT2D eigenvalue weighted by atomic mass is 9.84. The van der Waals surface area contributed by atoms with E-state index in [4.69, 9.17) is 0 Å². The van der Waals surface area contributed by atoms with E-state index in [2.05, 4.69) is 9.91 Å². The first kappa shape index (κ1) is 24.8. The molecule has 168 valence electrons. The van der Waals surface area contributed by atoms with Gasteiger partial charge in [0.2, 0.25) is 0 Å². The minimum absolute atomic E-state index is 0.0314. The van der Waals surface area contributed by atoms with Crippen molar-refractivity contribution >= 4 is 17.7 Å². The molecule has 0 aromatic heterocycles. The first-order valence-corrected chi connectivity index (χ1v) is 12.0. The van der Waals surface area contributed by atoms with Gasteiger partial charge in [-0.1, -0.05) is 42.6 Å². The minimum Gasteiger partial charge on any atom is -0.469 e. The number of esters is 1. The van der Waals surface area contributed by atoms with Crippen molar-refractivity contribution in [3.8, 4) is 0 Å². The molecule has 6 nitrogen and oxygen atoms in total. The zero-order valence-electron chi connectivity index (χ0n) is 17.8. The van der Waals surface area contributed by atoms with E-state index in [0.717, 1.165) is 37.0 Å². The van der Waals surface area contributed by atoms with E-state index in [-0.39, 0.29) is 23.8 Å². The Morgan fingerprint density at radius 1 is 1.17 bits per heavy atom. The third kappa shape index (κ3) is 8.36. The summed E-state index contributed by atoms with van der Waals surface area (Å²) >= 11 is 1.63. The van der Waals surface area contributed by atoms with Crippen LogP contribution in [0, 0.1) is 16.7 Å². The molecule has 1 unspecified atom stereocenters. The van der Waals surface area contributed by atoms with Gasteiger partial charge in [0, 0.05) is 17.1 Å². The summed E-state index contributed by atoms with van der Waals surface area (Å²) in [6.07, 6.45) is 5.81. The van der Waals surface area contributed by atoms with Crippen LogP contribution in [0.2, 0.25) is 0 Å². The van der Waals surface area contributed by atoms with E-state index in [1.165, 1.54) is 7.11 Å². The van der Waals surface area contributed by atoms with Gasteiger partial charge in [-0.3, -0.25) is 4.79 Å². The molecule has 0 saturated heterocycles. The van der Waals surface area contributed by atoms with Gasteiger partial charge in [0.05, 0.1) is 25.4 Å². The fraction of sp³-hybridized carbons (Fsp3) is 0.696. The fourth-order valence-electron chi connectivity index (χ4n) is 4.38. The summed E-state index contributed by atoms with van der Waals surface area (Å²) in [4.78, 5) is 23.6. The van der Waals surface area contributed by atoms with Crippen molar-refractivity contribution in [1.29, 1.82) is 0 Å². The highest BCUT2D eigenvalue weighted by molar-refractivity contribution is 7.99.